The molecule has 1 amide bonds. The number of carbonyl (C=O) groups is 1. The molecule has 1 fully saturated rings. The summed E-state index contributed by atoms with van der Waals surface area (Å²) in [7, 11) is 0. The SMILES string of the molecule is NC(=O)CCCNC1CCCC1. The summed E-state index contributed by atoms with van der Waals surface area (Å²) < 4.78 is 0. The van der Waals surface area contributed by atoms with Crippen molar-refractivity contribution in [3.63, 3.8) is 0 Å². The molecule has 1 saturated carbocycles. The van der Waals surface area contributed by atoms with Crippen molar-refractivity contribution in [3.8, 4) is 0 Å². The predicted octanol–water partition coefficient (Wildman–Crippen LogP) is 0.784. The summed E-state index contributed by atoms with van der Waals surface area (Å²) in [5.74, 6) is -0.191. The zero-order valence-electron chi connectivity index (χ0n) is 7.51. The number of primary amides is 1. The Labute approximate surface area is 73.7 Å². The third kappa shape index (κ3) is 3.72. The van der Waals surface area contributed by atoms with E-state index < -0.39 is 0 Å². The molecule has 0 bridgehead atoms. The van der Waals surface area contributed by atoms with Crippen LogP contribution in [0.25, 0.3) is 0 Å². The molecule has 0 heterocycles. The molecule has 0 atom stereocenters. The van der Waals surface area contributed by atoms with E-state index >= 15 is 0 Å². The molecule has 0 aliphatic heterocycles. The maximum absolute atomic E-state index is 10.4. The molecule has 70 valence electrons. The third-order valence-electron chi connectivity index (χ3n) is 2.39. The monoisotopic (exact) mass is 170 g/mol. The van der Waals surface area contributed by atoms with Gasteiger partial charge >= 0.3 is 0 Å². The van der Waals surface area contributed by atoms with Crippen LogP contribution in [0.5, 0.6) is 0 Å². The van der Waals surface area contributed by atoms with Crippen molar-refractivity contribution in [3.05, 3.63) is 0 Å². The van der Waals surface area contributed by atoms with Gasteiger partial charge in [0.2, 0.25) is 5.91 Å². The number of hydrogen-bond acceptors (Lipinski definition) is 2. The largest absolute Gasteiger partial charge is 0.370 e. The second-order valence-electron chi connectivity index (χ2n) is 3.51. The van der Waals surface area contributed by atoms with Gasteiger partial charge in [-0.05, 0) is 25.8 Å². The molecule has 0 aromatic rings. The normalized spacial score (nSPS) is 18.3. The lowest BCUT2D eigenvalue weighted by Gasteiger charge is -2.10. The Kier molecular flexibility index (Phi) is 4.08. The maximum Gasteiger partial charge on any atom is 0.217 e. The van der Waals surface area contributed by atoms with Gasteiger partial charge < -0.3 is 11.1 Å². The number of nitrogens with one attached hydrogen (secondary N) is 1. The molecule has 0 spiro atoms. The van der Waals surface area contributed by atoms with Crippen LogP contribution in [0.15, 0.2) is 0 Å². The Morgan fingerprint density at radius 2 is 2.08 bits per heavy atom. The molecule has 1 rings (SSSR count). The Bertz CT molecular complexity index is 141. The van der Waals surface area contributed by atoms with Crippen molar-refractivity contribution >= 4 is 5.91 Å². The fourth-order valence-electron chi connectivity index (χ4n) is 1.70. The zero-order valence-corrected chi connectivity index (χ0v) is 7.51. The van der Waals surface area contributed by atoms with Gasteiger partial charge in [0, 0.05) is 12.5 Å². The lowest BCUT2D eigenvalue weighted by Crippen LogP contribution is -2.27. The Hall–Kier alpha value is -0.570. The number of amides is 1. The van der Waals surface area contributed by atoms with Crippen LogP contribution in [-0.4, -0.2) is 18.5 Å². The van der Waals surface area contributed by atoms with Crippen molar-refractivity contribution in [2.75, 3.05) is 6.54 Å². The van der Waals surface area contributed by atoms with Crippen LogP contribution in [0.3, 0.4) is 0 Å². The first kappa shape index (κ1) is 9.52. The van der Waals surface area contributed by atoms with E-state index in [4.69, 9.17) is 5.73 Å². The van der Waals surface area contributed by atoms with Gasteiger partial charge in [-0.25, -0.2) is 0 Å². The number of nitrogens with two attached hydrogens (primary N) is 1. The highest BCUT2D eigenvalue weighted by molar-refractivity contribution is 5.73. The lowest BCUT2D eigenvalue weighted by atomic mass is 10.2. The quantitative estimate of drug-likeness (QED) is 0.599. The molecule has 0 unspecified atom stereocenters. The fraction of sp³-hybridized carbons (Fsp3) is 0.889. The average Bonchev–Trinajstić information content (AvgIpc) is 2.49. The molecule has 0 aromatic carbocycles. The van der Waals surface area contributed by atoms with E-state index in [1.54, 1.807) is 0 Å². The predicted molar refractivity (Wildman–Crippen MR) is 48.7 cm³/mol. The van der Waals surface area contributed by atoms with E-state index in [9.17, 15) is 4.79 Å². The molecule has 0 saturated heterocycles. The minimum absolute atomic E-state index is 0.191. The van der Waals surface area contributed by atoms with Crippen LogP contribution in [0.1, 0.15) is 38.5 Å². The van der Waals surface area contributed by atoms with E-state index in [1.165, 1.54) is 25.7 Å². The summed E-state index contributed by atoms with van der Waals surface area (Å²) in [6, 6.07) is 0.706. The van der Waals surface area contributed by atoms with E-state index in [-0.39, 0.29) is 5.91 Å². The van der Waals surface area contributed by atoms with Crippen LogP contribution in [-0.2, 0) is 4.79 Å². The first-order valence-corrected chi connectivity index (χ1v) is 4.81. The van der Waals surface area contributed by atoms with E-state index in [0.717, 1.165) is 13.0 Å². The lowest BCUT2D eigenvalue weighted by molar-refractivity contribution is -0.118. The molecule has 1 aliphatic carbocycles. The summed E-state index contributed by atoms with van der Waals surface area (Å²) in [5, 5.41) is 3.43. The van der Waals surface area contributed by atoms with Crippen molar-refractivity contribution in [1.82, 2.24) is 5.32 Å². The van der Waals surface area contributed by atoms with Crippen molar-refractivity contribution in [1.29, 1.82) is 0 Å². The highest BCUT2D eigenvalue weighted by Crippen LogP contribution is 2.17. The molecular formula is C9H18N2O. The second kappa shape index (κ2) is 5.14. The molecule has 0 aromatic heterocycles. The summed E-state index contributed by atoms with van der Waals surface area (Å²) in [5.41, 5.74) is 5.02. The Balaban J connectivity index is 1.91. The van der Waals surface area contributed by atoms with Gasteiger partial charge in [-0.3, -0.25) is 4.79 Å². The van der Waals surface area contributed by atoms with Crippen LogP contribution < -0.4 is 11.1 Å². The molecule has 1 aliphatic rings. The van der Waals surface area contributed by atoms with Gasteiger partial charge in [-0.2, -0.15) is 0 Å². The van der Waals surface area contributed by atoms with Gasteiger partial charge in [0.1, 0.15) is 0 Å². The molecule has 3 N–H and O–H groups in total. The summed E-state index contributed by atoms with van der Waals surface area (Å²) >= 11 is 0. The molecule has 12 heavy (non-hydrogen) atoms. The minimum atomic E-state index is -0.191. The van der Waals surface area contributed by atoms with E-state index in [2.05, 4.69) is 5.32 Å². The number of rotatable bonds is 5. The smallest absolute Gasteiger partial charge is 0.217 e. The van der Waals surface area contributed by atoms with Gasteiger partial charge in [0.05, 0.1) is 0 Å². The second-order valence-corrected chi connectivity index (χ2v) is 3.51. The Morgan fingerprint density at radius 1 is 1.42 bits per heavy atom. The van der Waals surface area contributed by atoms with Crippen LogP contribution in [0.4, 0.5) is 0 Å². The van der Waals surface area contributed by atoms with Crippen molar-refractivity contribution in [2.24, 2.45) is 5.73 Å². The fourth-order valence-corrected chi connectivity index (χ4v) is 1.70. The average molecular weight is 170 g/mol. The summed E-state index contributed by atoms with van der Waals surface area (Å²) in [4.78, 5) is 10.4. The standard InChI is InChI=1S/C9H18N2O/c10-9(12)6-3-7-11-8-4-1-2-5-8/h8,11H,1-7H2,(H2,10,12). The minimum Gasteiger partial charge on any atom is -0.370 e. The van der Waals surface area contributed by atoms with Crippen molar-refractivity contribution in [2.45, 2.75) is 44.6 Å². The van der Waals surface area contributed by atoms with Gasteiger partial charge in [-0.15, -0.1) is 0 Å². The molecule has 3 nitrogen and oxygen atoms in total. The van der Waals surface area contributed by atoms with Gasteiger partial charge in [0.25, 0.3) is 0 Å². The summed E-state index contributed by atoms with van der Waals surface area (Å²) in [6.07, 6.45) is 6.71. The first-order valence-electron chi connectivity index (χ1n) is 4.81. The zero-order chi connectivity index (χ0) is 8.81. The Morgan fingerprint density at radius 3 is 2.67 bits per heavy atom. The number of carbonyl (C=O) groups excluding carboxylic acids is 1. The third-order valence-corrected chi connectivity index (χ3v) is 2.39. The topological polar surface area (TPSA) is 55.1 Å². The highest BCUT2D eigenvalue weighted by atomic mass is 16.1. The van der Waals surface area contributed by atoms with E-state index in [1.807, 2.05) is 0 Å². The van der Waals surface area contributed by atoms with Crippen molar-refractivity contribution < 1.29 is 4.79 Å². The van der Waals surface area contributed by atoms with Gasteiger partial charge in [-0.1, -0.05) is 12.8 Å². The first-order chi connectivity index (χ1) is 5.79. The number of hydrogen-bond donors (Lipinski definition) is 2. The highest BCUT2D eigenvalue weighted by Gasteiger charge is 2.13. The molecular weight excluding hydrogens is 152 g/mol. The maximum atomic E-state index is 10.4. The molecule has 0 radical (unpaired) electrons. The summed E-state index contributed by atoms with van der Waals surface area (Å²) in [6.45, 7) is 0.938. The van der Waals surface area contributed by atoms with Crippen LogP contribution >= 0.6 is 0 Å². The van der Waals surface area contributed by atoms with Crippen LogP contribution in [0, 0.1) is 0 Å². The van der Waals surface area contributed by atoms with Crippen LogP contribution in [0.2, 0.25) is 0 Å². The van der Waals surface area contributed by atoms with E-state index in [0.29, 0.717) is 12.5 Å². The molecule has 3 heteroatoms. The van der Waals surface area contributed by atoms with Gasteiger partial charge in [0.15, 0.2) is 0 Å².